The Morgan fingerprint density at radius 2 is 2.17 bits per heavy atom. The molecule has 0 fully saturated rings. The average Bonchev–Trinajstić information content (AvgIpc) is 3.13. The van der Waals surface area contributed by atoms with E-state index in [1.807, 2.05) is 0 Å². The Balaban J connectivity index is 2.38. The lowest BCUT2D eigenvalue weighted by Crippen LogP contribution is -2.13. The molecular formula is C18H17FN2O2S. The van der Waals surface area contributed by atoms with Gasteiger partial charge in [0.25, 0.3) is 10.0 Å². The SMILES string of the molecule is [2H]c1nc([2H])c(S(=O)(=O)n2cc(C([2H])([2H])CC)cc2-c2ccccc2F)c([2H])c1[2H]. The van der Waals surface area contributed by atoms with Crippen molar-refractivity contribution in [1.82, 2.24) is 8.96 Å². The second kappa shape index (κ2) is 6.57. The minimum atomic E-state index is -4.74. The summed E-state index contributed by atoms with van der Waals surface area (Å²) in [6.07, 6.45) is -2.52. The smallest absolute Gasteiger partial charge is 0.263 e. The summed E-state index contributed by atoms with van der Waals surface area (Å²) in [5, 5.41) is 0. The average molecular weight is 350 g/mol. The van der Waals surface area contributed by atoms with Crippen LogP contribution in [0.25, 0.3) is 11.3 Å². The molecule has 2 aromatic heterocycles. The number of hydrogen-bond acceptors (Lipinski definition) is 3. The van der Waals surface area contributed by atoms with Crippen LogP contribution in [-0.4, -0.2) is 17.4 Å². The number of halogens is 1. The molecule has 0 bridgehead atoms. The van der Waals surface area contributed by atoms with Gasteiger partial charge in [-0.1, -0.05) is 25.5 Å². The molecule has 0 radical (unpaired) electrons. The maximum atomic E-state index is 14.5. The minimum absolute atomic E-state index is 0.0210. The first kappa shape index (κ1) is 10.4. The lowest BCUT2D eigenvalue weighted by Gasteiger charge is -2.10. The van der Waals surface area contributed by atoms with Crippen LogP contribution in [0.2, 0.25) is 0 Å². The minimum Gasteiger partial charge on any atom is -0.263 e. The van der Waals surface area contributed by atoms with Crippen molar-refractivity contribution >= 4 is 10.0 Å². The van der Waals surface area contributed by atoms with Gasteiger partial charge in [-0.3, -0.25) is 4.98 Å². The number of nitrogens with zero attached hydrogens (tertiary/aromatic N) is 2. The summed E-state index contributed by atoms with van der Waals surface area (Å²) < 4.78 is 89.0. The molecule has 0 aliphatic carbocycles. The van der Waals surface area contributed by atoms with E-state index >= 15 is 0 Å². The van der Waals surface area contributed by atoms with Crippen molar-refractivity contribution in [1.29, 1.82) is 0 Å². The number of aryl methyl sites for hydroxylation is 1. The van der Waals surface area contributed by atoms with Crippen LogP contribution in [0.3, 0.4) is 0 Å². The Hall–Kier alpha value is -2.47. The molecule has 24 heavy (non-hydrogen) atoms. The fourth-order valence-corrected chi connectivity index (χ4v) is 3.45. The predicted molar refractivity (Wildman–Crippen MR) is 90.6 cm³/mol. The third-order valence-corrected chi connectivity index (χ3v) is 4.81. The Morgan fingerprint density at radius 1 is 1.38 bits per heavy atom. The van der Waals surface area contributed by atoms with E-state index < -0.39 is 51.5 Å². The third-order valence-electron chi connectivity index (χ3n) is 3.28. The van der Waals surface area contributed by atoms with Gasteiger partial charge >= 0.3 is 0 Å². The number of aromatic nitrogens is 2. The zero-order valence-electron chi connectivity index (χ0n) is 18.7. The lowest BCUT2D eigenvalue weighted by atomic mass is 10.1. The van der Waals surface area contributed by atoms with Gasteiger partial charge in [0, 0.05) is 26.8 Å². The molecule has 3 aromatic rings. The molecule has 1 aromatic carbocycles. The Morgan fingerprint density at radius 3 is 2.92 bits per heavy atom. The van der Waals surface area contributed by atoms with Crippen LogP contribution in [0.15, 0.2) is 65.9 Å². The van der Waals surface area contributed by atoms with Crippen LogP contribution < -0.4 is 0 Å². The van der Waals surface area contributed by atoms with Gasteiger partial charge in [0.15, 0.2) is 0 Å². The topological polar surface area (TPSA) is 52.0 Å². The van der Waals surface area contributed by atoms with Gasteiger partial charge < -0.3 is 0 Å². The zero-order chi connectivity index (χ0) is 22.4. The summed E-state index contributed by atoms with van der Waals surface area (Å²) >= 11 is 0. The molecule has 0 spiro atoms. The Kier molecular flexibility index (Phi) is 2.85. The van der Waals surface area contributed by atoms with E-state index in [1.165, 1.54) is 24.3 Å². The van der Waals surface area contributed by atoms with E-state index in [4.69, 9.17) is 8.22 Å². The van der Waals surface area contributed by atoms with Crippen molar-refractivity contribution in [2.45, 2.75) is 24.6 Å². The number of hydrogen-bond donors (Lipinski definition) is 0. The van der Waals surface area contributed by atoms with E-state index in [1.54, 1.807) is 6.92 Å². The van der Waals surface area contributed by atoms with Crippen molar-refractivity contribution in [3.63, 3.8) is 0 Å². The molecule has 4 nitrogen and oxygen atoms in total. The van der Waals surface area contributed by atoms with Crippen molar-refractivity contribution in [2.24, 2.45) is 0 Å². The molecule has 2 heterocycles. The standard InChI is InChI=1S/C18H17FN2O2S/c1-2-6-14-11-18(16-8-3-4-9-17(16)19)21(13-14)24(22,23)15-7-5-10-20-12-15/h3-5,7-13H,2,6H2,1H3/i5D,6D2,7D,10D,12D. The highest BCUT2D eigenvalue weighted by Crippen LogP contribution is 2.29. The van der Waals surface area contributed by atoms with E-state index in [0.717, 1.165) is 12.3 Å². The summed E-state index contributed by atoms with van der Waals surface area (Å²) in [5.41, 5.74) is -0.338. The second-order valence-electron chi connectivity index (χ2n) is 4.84. The van der Waals surface area contributed by atoms with E-state index in [2.05, 4.69) is 4.98 Å². The van der Waals surface area contributed by atoms with Crippen LogP contribution >= 0.6 is 0 Å². The van der Waals surface area contributed by atoms with Crippen LogP contribution in [0.1, 0.15) is 27.1 Å². The maximum Gasteiger partial charge on any atom is 0.269 e. The highest BCUT2D eigenvalue weighted by atomic mass is 32.2. The van der Waals surface area contributed by atoms with Crippen molar-refractivity contribution < 1.29 is 21.0 Å². The van der Waals surface area contributed by atoms with Crippen molar-refractivity contribution in [3.05, 3.63) is 72.3 Å². The zero-order valence-corrected chi connectivity index (χ0v) is 13.5. The molecule has 0 aliphatic heterocycles. The molecule has 0 N–H and O–H groups in total. The van der Waals surface area contributed by atoms with E-state index in [-0.39, 0.29) is 23.2 Å². The normalized spacial score (nSPS) is 15.8. The fraction of sp³-hybridized carbons (Fsp3) is 0.167. The number of pyridine rings is 1. The van der Waals surface area contributed by atoms with Crippen molar-refractivity contribution in [3.8, 4) is 11.3 Å². The molecule has 0 amide bonds. The predicted octanol–water partition coefficient (Wildman–Crippen LogP) is 3.88. The number of benzene rings is 1. The van der Waals surface area contributed by atoms with Gasteiger partial charge in [-0.2, -0.15) is 0 Å². The number of rotatable bonds is 5. The highest BCUT2D eigenvalue weighted by molar-refractivity contribution is 7.90. The van der Waals surface area contributed by atoms with Gasteiger partial charge in [0.1, 0.15) is 10.7 Å². The highest BCUT2D eigenvalue weighted by Gasteiger charge is 2.23. The molecule has 0 unspecified atom stereocenters. The van der Waals surface area contributed by atoms with Gasteiger partial charge in [-0.15, -0.1) is 0 Å². The van der Waals surface area contributed by atoms with Crippen LogP contribution in [0.4, 0.5) is 4.39 Å². The second-order valence-corrected chi connectivity index (χ2v) is 6.59. The monoisotopic (exact) mass is 350 g/mol. The largest absolute Gasteiger partial charge is 0.269 e. The maximum absolute atomic E-state index is 14.5. The van der Waals surface area contributed by atoms with Crippen LogP contribution in [-0.2, 0) is 16.4 Å². The molecule has 0 atom stereocenters. The third kappa shape index (κ3) is 2.97. The molecule has 6 heteroatoms. The molecule has 0 saturated heterocycles. The van der Waals surface area contributed by atoms with Gasteiger partial charge in [-0.05, 0) is 42.2 Å². The fourth-order valence-electron chi connectivity index (χ4n) is 2.25. The summed E-state index contributed by atoms with van der Waals surface area (Å²) in [7, 11) is -4.74. The molecular weight excluding hydrogens is 327 g/mol. The molecule has 124 valence electrons. The van der Waals surface area contributed by atoms with Gasteiger partial charge in [0.05, 0.1) is 11.2 Å². The summed E-state index contributed by atoms with van der Waals surface area (Å²) in [6, 6.07) is 4.91. The summed E-state index contributed by atoms with van der Waals surface area (Å²) in [4.78, 5) is 2.49. The summed E-state index contributed by atoms with van der Waals surface area (Å²) in [5.74, 6) is -0.742. The quantitative estimate of drug-likeness (QED) is 0.702. The van der Waals surface area contributed by atoms with Crippen molar-refractivity contribution in [2.75, 3.05) is 0 Å². The summed E-state index contributed by atoms with van der Waals surface area (Å²) in [6.45, 7) is 1.57. The first-order chi connectivity index (χ1) is 13.9. The van der Waals surface area contributed by atoms with Gasteiger partial charge in [-0.25, -0.2) is 16.8 Å². The first-order valence-corrected chi connectivity index (χ1v) is 8.53. The Bertz CT molecular complexity index is 1240. The van der Waals surface area contributed by atoms with E-state index in [9.17, 15) is 12.8 Å². The molecule has 0 saturated carbocycles. The van der Waals surface area contributed by atoms with Crippen LogP contribution in [0, 0.1) is 5.82 Å². The van der Waals surface area contributed by atoms with Crippen LogP contribution in [0.5, 0.6) is 0 Å². The lowest BCUT2D eigenvalue weighted by molar-refractivity contribution is 0.587. The van der Waals surface area contributed by atoms with E-state index in [0.29, 0.717) is 3.97 Å². The molecule has 0 aliphatic rings. The first-order valence-electron chi connectivity index (χ1n) is 10.1. The molecule has 3 rings (SSSR count). The van der Waals surface area contributed by atoms with Gasteiger partial charge in [0.2, 0.25) is 0 Å². The Labute approximate surface area is 149 Å².